The molecule has 29 heavy (non-hydrogen) atoms. The Morgan fingerprint density at radius 1 is 0.793 bits per heavy atom. The third-order valence-corrected chi connectivity index (χ3v) is 16.2. The van der Waals surface area contributed by atoms with Gasteiger partial charge in [-0.15, -0.1) is 0 Å². The zero-order chi connectivity index (χ0) is 22.3. The molecular weight excluding hydrogens is 390 g/mol. The van der Waals surface area contributed by atoms with Crippen LogP contribution >= 0.6 is 0 Å². The van der Waals surface area contributed by atoms with E-state index >= 15 is 0 Å². The molecule has 0 amide bonds. The molecular formula is C24H45NO2Si2. The summed E-state index contributed by atoms with van der Waals surface area (Å²) in [6.07, 6.45) is 4.51. The summed E-state index contributed by atoms with van der Waals surface area (Å²) in [6, 6.07) is 6.98. The first-order valence-electron chi connectivity index (χ1n) is 11.3. The molecule has 2 rings (SSSR count). The van der Waals surface area contributed by atoms with Gasteiger partial charge in [0.15, 0.2) is 0 Å². The van der Waals surface area contributed by atoms with Crippen molar-refractivity contribution >= 4 is 16.6 Å². The van der Waals surface area contributed by atoms with Crippen LogP contribution in [0.25, 0.3) is 0 Å². The number of rotatable bonds is 5. The van der Waals surface area contributed by atoms with E-state index in [9.17, 15) is 0 Å². The van der Waals surface area contributed by atoms with E-state index in [0.717, 1.165) is 37.2 Å². The Labute approximate surface area is 182 Å². The second-order valence-electron chi connectivity index (χ2n) is 12.0. The number of nitrogens with two attached hydrogens (primary N) is 1. The lowest BCUT2D eigenvalue weighted by Crippen LogP contribution is -2.44. The second-order valence-corrected chi connectivity index (χ2v) is 21.5. The fourth-order valence-corrected chi connectivity index (χ4v) is 5.36. The van der Waals surface area contributed by atoms with Crippen LogP contribution < -0.4 is 14.6 Å². The average molecular weight is 436 g/mol. The maximum absolute atomic E-state index is 6.86. The van der Waals surface area contributed by atoms with Crippen molar-refractivity contribution < 1.29 is 8.85 Å². The summed E-state index contributed by atoms with van der Waals surface area (Å²) in [4.78, 5) is 0. The zero-order valence-corrected chi connectivity index (χ0v) is 22.6. The predicted octanol–water partition coefficient (Wildman–Crippen LogP) is 7.44. The van der Waals surface area contributed by atoms with Crippen molar-refractivity contribution in [3.8, 4) is 11.5 Å². The predicted molar refractivity (Wildman–Crippen MR) is 131 cm³/mol. The van der Waals surface area contributed by atoms with Gasteiger partial charge in [-0.1, -0.05) is 47.6 Å². The largest absolute Gasteiger partial charge is 0.543 e. The van der Waals surface area contributed by atoms with Crippen molar-refractivity contribution in [2.75, 3.05) is 0 Å². The van der Waals surface area contributed by atoms with Crippen molar-refractivity contribution in [3.05, 3.63) is 23.8 Å². The lowest BCUT2D eigenvalue weighted by Gasteiger charge is -2.39. The van der Waals surface area contributed by atoms with Gasteiger partial charge in [-0.05, 0) is 79.5 Å². The van der Waals surface area contributed by atoms with Crippen LogP contribution in [0.1, 0.15) is 78.7 Å². The minimum atomic E-state index is -1.94. The van der Waals surface area contributed by atoms with E-state index in [-0.39, 0.29) is 10.1 Å². The first-order valence-corrected chi connectivity index (χ1v) is 17.1. The van der Waals surface area contributed by atoms with Crippen molar-refractivity contribution in [3.63, 3.8) is 0 Å². The van der Waals surface area contributed by atoms with E-state index in [0.29, 0.717) is 12.0 Å². The monoisotopic (exact) mass is 435 g/mol. The Balaban J connectivity index is 2.41. The molecule has 0 unspecified atom stereocenters. The minimum Gasteiger partial charge on any atom is -0.543 e. The molecule has 166 valence electrons. The highest BCUT2D eigenvalue weighted by Crippen LogP contribution is 2.44. The first kappa shape index (κ1) is 24.5. The van der Waals surface area contributed by atoms with Crippen LogP contribution in [0.15, 0.2) is 18.2 Å². The van der Waals surface area contributed by atoms with Crippen molar-refractivity contribution in [2.45, 2.75) is 115 Å². The van der Waals surface area contributed by atoms with Gasteiger partial charge in [0.2, 0.25) is 16.6 Å². The summed E-state index contributed by atoms with van der Waals surface area (Å²) < 4.78 is 13.5. The van der Waals surface area contributed by atoms with E-state index in [1.54, 1.807) is 0 Å². The molecule has 5 heteroatoms. The molecule has 1 aliphatic carbocycles. The van der Waals surface area contributed by atoms with E-state index in [2.05, 4.69) is 85.9 Å². The van der Waals surface area contributed by atoms with Gasteiger partial charge in [-0.3, -0.25) is 0 Å². The van der Waals surface area contributed by atoms with Crippen LogP contribution in [0.4, 0.5) is 0 Å². The van der Waals surface area contributed by atoms with Crippen LogP contribution in [0.3, 0.4) is 0 Å². The molecule has 0 atom stereocenters. The van der Waals surface area contributed by atoms with Gasteiger partial charge < -0.3 is 14.6 Å². The molecule has 0 aromatic heterocycles. The molecule has 1 fully saturated rings. The Hall–Kier alpha value is -0.786. The van der Waals surface area contributed by atoms with Gasteiger partial charge in [0.05, 0.1) is 0 Å². The van der Waals surface area contributed by atoms with E-state index in [1.807, 2.05) is 0 Å². The van der Waals surface area contributed by atoms with Gasteiger partial charge in [-0.25, -0.2) is 0 Å². The Morgan fingerprint density at radius 2 is 1.28 bits per heavy atom. The third kappa shape index (κ3) is 5.89. The molecule has 0 radical (unpaired) electrons. The standard InChI is InChI=1S/C24H45NO2Si2/c1-23(2,3)28(7,8)26-20-15-16-21(18-11-13-19(25)14-12-18)22(17-20)27-29(9,10)24(4,5)6/h15-19H,11-14,25H2,1-10H3/t18-,19+. The molecule has 1 saturated carbocycles. The quantitative estimate of drug-likeness (QED) is 0.489. The molecule has 1 aromatic carbocycles. The lowest BCUT2D eigenvalue weighted by molar-refractivity contribution is 0.386. The first-order chi connectivity index (χ1) is 13.0. The molecule has 0 heterocycles. The van der Waals surface area contributed by atoms with E-state index < -0.39 is 16.6 Å². The number of benzene rings is 1. The highest BCUT2D eigenvalue weighted by Gasteiger charge is 2.41. The van der Waals surface area contributed by atoms with Crippen LogP contribution in [-0.4, -0.2) is 22.7 Å². The van der Waals surface area contributed by atoms with Gasteiger partial charge in [0.1, 0.15) is 11.5 Å². The average Bonchev–Trinajstić information content (AvgIpc) is 2.53. The summed E-state index contributed by atoms with van der Waals surface area (Å²) in [5.41, 5.74) is 7.52. The summed E-state index contributed by atoms with van der Waals surface area (Å²) in [7, 11) is -3.83. The Morgan fingerprint density at radius 3 is 1.76 bits per heavy atom. The molecule has 2 N–H and O–H groups in total. The summed E-state index contributed by atoms with van der Waals surface area (Å²) in [6.45, 7) is 23.0. The molecule has 1 aromatic rings. The fourth-order valence-electron chi connectivity index (χ4n) is 3.31. The molecule has 0 saturated heterocycles. The Bertz CT molecular complexity index is 694. The highest BCUT2D eigenvalue weighted by atomic mass is 28.4. The number of hydrogen-bond acceptors (Lipinski definition) is 3. The second kappa shape index (κ2) is 8.39. The highest BCUT2D eigenvalue weighted by molar-refractivity contribution is 6.75. The van der Waals surface area contributed by atoms with Gasteiger partial charge in [-0.2, -0.15) is 0 Å². The third-order valence-electron chi connectivity index (χ3n) is 7.55. The van der Waals surface area contributed by atoms with Crippen molar-refractivity contribution in [2.24, 2.45) is 5.73 Å². The number of hydrogen-bond donors (Lipinski definition) is 1. The zero-order valence-electron chi connectivity index (χ0n) is 20.6. The normalized spacial score (nSPS) is 21.8. The molecule has 0 bridgehead atoms. The van der Waals surface area contributed by atoms with Crippen LogP contribution in [0.2, 0.25) is 36.3 Å². The maximum atomic E-state index is 6.86. The van der Waals surface area contributed by atoms with Crippen LogP contribution in [0, 0.1) is 0 Å². The van der Waals surface area contributed by atoms with Gasteiger partial charge >= 0.3 is 0 Å². The smallest absolute Gasteiger partial charge is 0.250 e. The van der Waals surface area contributed by atoms with E-state index in [4.69, 9.17) is 14.6 Å². The maximum Gasteiger partial charge on any atom is 0.250 e. The van der Waals surface area contributed by atoms with Crippen LogP contribution in [0.5, 0.6) is 11.5 Å². The molecule has 1 aliphatic rings. The SMILES string of the molecule is CC(C)(C)[Si](C)(C)Oc1ccc([C@H]2CC[C@@H](N)CC2)c(O[Si](C)(C)C(C)(C)C)c1. The van der Waals surface area contributed by atoms with Crippen molar-refractivity contribution in [1.82, 2.24) is 0 Å². The molecule has 0 spiro atoms. The van der Waals surface area contributed by atoms with Crippen molar-refractivity contribution in [1.29, 1.82) is 0 Å². The van der Waals surface area contributed by atoms with Gasteiger partial charge in [0, 0.05) is 12.1 Å². The lowest BCUT2D eigenvalue weighted by atomic mass is 9.82. The minimum absolute atomic E-state index is 0.162. The van der Waals surface area contributed by atoms with Gasteiger partial charge in [0.25, 0.3) is 0 Å². The topological polar surface area (TPSA) is 44.5 Å². The Kier molecular flexibility index (Phi) is 7.08. The summed E-state index contributed by atoms with van der Waals surface area (Å²) in [5, 5.41) is 0.334. The fraction of sp³-hybridized carbons (Fsp3) is 0.750. The summed E-state index contributed by atoms with van der Waals surface area (Å²) in [5.74, 6) is 2.55. The van der Waals surface area contributed by atoms with Crippen LogP contribution in [-0.2, 0) is 0 Å². The molecule has 3 nitrogen and oxygen atoms in total. The van der Waals surface area contributed by atoms with E-state index in [1.165, 1.54) is 5.56 Å². The molecule has 0 aliphatic heterocycles. The summed E-state index contributed by atoms with van der Waals surface area (Å²) >= 11 is 0.